The molecule has 0 unspecified atom stereocenters. The lowest BCUT2D eigenvalue weighted by Crippen LogP contribution is -2.51. The summed E-state index contributed by atoms with van der Waals surface area (Å²) in [6.07, 6.45) is -0.751. The standard InChI is InChI=1S/C9H15N3O6/c1-4(11-6(13)3-10)8(16)12-5(9(17)18)2-7(14)15/h4-5H,2-3,10H2,1H3,(H,11,13)(H,12,16)(H,14,15)(H,17,18)/t4-,5-/m0/s1. The van der Waals surface area contributed by atoms with Gasteiger partial charge in [-0.1, -0.05) is 0 Å². The number of amides is 2. The summed E-state index contributed by atoms with van der Waals surface area (Å²) in [4.78, 5) is 43.4. The maximum atomic E-state index is 11.5. The lowest BCUT2D eigenvalue weighted by atomic mass is 10.2. The van der Waals surface area contributed by atoms with Gasteiger partial charge in [-0.3, -0.25) is 14.4 Å². The van der Waals surface area contributed by atoms with Crippen LogP contribution in [0.15, 0.2) is 0 Å². The molecule has 0 aliphatic carbocycles. The molecule has 0 rings (SSSR count). The summed E-state index contributed by atoms with van der Waals surface area (Å²) in [6.45, 7) is 1.01. The van der Waals surface area contributed by atoms with Crippen LogP contribution in [0.2, 0.25) is 0 Å². The quantitative estimate of drug-likeness (QED) is 0.338. The third-order valence-electron chi connectivity index (χ3n) is 1.95. The van der Waals surface area contributed by atoms with Crippen molar-refractivity contribution in [1.29, 1.82) is 0 Å². The van der Waals surface area contributed by atoms with Crippen molar-refractivity contribution in [1.82, 2.24) is 10.6 Å². The van der Waals surface area contributed by atoms with Crippen molar-refractivity contribution < 1.29 is 29.4 Å². The molecule has 0 saturated carbocycles. The van der Waals surface area contributed by atoms with Crippen molar-refractivity contribution in [3.8, 4) is 0 Å². The van der Waals surface area contributed by atoms with Crippen LogP contribution >= 0.6 is 0 Å². The number of carbonyl (C=O) groups is 4. The zero-order valence-electron chi connectivity index (χ0n) is 9.67. The van der Waals surface area contributed by atoms with Gasteiger partial charge in [-0.2, -0.15) is 0 Å². The Kier molecular flexibility index (Phi) is 6.35. The highest BCUT2D eigenvalue weighted by Gasteiger charge is 2.25. The first-order valence-corrected chi connectivity index (χ1v) is 5.02. The number of nitrogens with two attached hydrogens (primary N) is 1. The number of carboxylic acids is 2. The lowest BCUT2D eigenvalue weighted by Gasteiger charge is -2.17. The molecule has 0 aromatic rings. The van der Waals surface area contributed by atoms with Gasteiger partial charge in [0.2, 0.25) is 11.8 Å². The van der Waals surface area contributed by atoms with Gasteiger partial charge < -0.3 is 26.6 Å². The Morgan fingerprint density at radius 1 is 1.17 bits per heavy atom. The number of carboxylic acid groups (broad SMARTS) is 2. The number of carbonyl (C=O) groups excluding carboxylic acids is 2. The van der Waals surface area contributed by atoms with Crippen molar-refractivity contribution in [3.05, 3.63) is 0 Å². The lowest BCUT2D eigenvalue weighted by molar-refractivity contribution is -0.147. The van der Waals surface area contributed by atoms with Gasteiger partial charge in [0.25, 0.3) is 0 Å². The Morgan fingerprint density at radius 3 is 2.11 bits per heavy atom. The molecule has 9 nitrogen and oxygen atoms in total. The van der Waals surface area contributed by atoms with E-state index in [0.717, 1.165) is 0 Å². The second-order valence-electron chi connectivity index (χ2n) is 3.49. The molecule has 0 aromatic heterocycles. The first-order valence-electron chi connectivity index (χ1n) is 5.02. The van der Waals surface area contributed by atoms with Crippen LogP contribution < -0.4 is 16.4 Å². The van der Waals surface area contributed by atoms with Crippen LogP contribution in [-0.2, 0) is 19.2 Å². The maximum absolute atomic E-state index is 11.5. The Balaban J connectivity index is 4.45. The Bertz CT molecular complexity index is 356. The molecule has 0 aliphatic heterocycles. The summed E-state index contributed by atoms with van der Waals surface area (Å²) in [5.41, 5.74) is 5.02. The number of hydrogen-bond donors (Lipinski definition) is 5. The van der Waals surface area contributed by atoms with Gasteiger partial charge in [0, 0.05) is 0 Å². The fourth-order valence-electron chi connectivity index (χ4n) is 1.04. The molecule has 102 valence electrons. The van der Waals surface area contributed by atoms with E-state index in [4.69, 9.17) is 15.9 Å². The fraction of sp³-hybridized carbons (Fsp3) is 0.556. The molecule has 2 atom stereocenters. The van der Waals surface area contributed by atoms with Crippen molar-refractivity contribution in [2.24, 2.45) is 5.73 Å². The van der Waals surface area contributed by atoms with Gasteiger partial charge >= 0.3 is 11.9 Å². The zero-order chi connectivity index (χ0) is 14.3. The first-order chi connectivity index (χ1) is 8.27. The summed E-state index contributed by atoms with van der Waals surface area (Å²) < 4.78 is 0. The molecule has 18 heavy (non-hydrogen) atoms. The van der Waals surface area contributed by atoms with Gasteiger partial charge in [0.05, 0.1) is 13.0 Å². The Morgan fingerprint density at radius 2 is 1.72 bits per heavy atom. The Labute approximate surface area is 102 Å². The SMILES string of the molecule is C[C@H](NC(=O)CN)C(=O)N[C@@H](CC(=O)O)C(=O)O. The normalized spacial score (nSPS) is 13.2. The average Bonchev–Trinajstić information content (AvgIpc) is 2.26. The molecule has 0 fully saturated rings. The van der Waals surface area contributed by atoms with Crippen molar-refractivity contribution >= 4 is 23.8 Å². The number of hydrogen-bond acceptors (Lipinski definition) is 5. The van der Waals surface area contributed by atoms with E-state index in [-0.39, 0.29) is 6.54 Å². The monoisotopic (exact) mass is 261 g/mol. The number of nitrogens with one attached hydrogen (secondary N) is 2. The molecule has 6 N–H and O–H groups in total. The highest BCUT2D eigenvalue weighted by Crippen LogP contribution is 1.94. The van der Waals surface area contributed by atoms with Crippen molar-refractivity contribution in [2.45, 2.75) is 25.4 Å². The minimum Gasteiger partial charge on any atom is -0.481 e. The number of aliphatic carboxylic acids is 2. The molecular formula is C9H15N3O6. The highest BCUT2D eigenvalue weighted by molar-refractivity contribution is 5.91. The van der Waals surface area contributed by atoms with E-state index in [1.54, 1.807) is 0 Å². The van der Waals surface area contributed by atoms with Gasteiger partial charge in [-0.05, 0) is 6.92 Å². The minimum absolute atomic E-state index is 0.310. The summed E-state index contributed by atoms with van der Waals surface area (Å²) in [5, 5.41) is 21.4. The predicted octanol–water partition coefficient (Wildman–Crippen LogP) is -2.51. The van der Waals surface area contributed by atoms with E-state index in [0.29, 0.717) is 0 Å². The van der Waals surface area contributed by atoms with Crippen LogP contribution in [0.3, 0.4) is 0 Å². The van der Waals surface area contributed by atoms with Crippen molar-refractivity contribution in [2.75, 3.05) is 6.54 Å². The molecule has 0 spiro atoms. The average molecular weight is 261 g/mol. The molecule has 0 radical (unpaired) electrons. The van der Waals surface area contributed by atoms with Crippen LogP contribution in [0.25, 0.3) is 0 Å². The summed E-state index contributed by atoms with van der Waals surface area (Å²) in [5.74, 6) is -4.21. The smallest absolute Gasteiger partial charge is 0.326 e. The van der Waals surface area contributed by atoms with Crippen LogP contribution in [0, 0.1) is 0 Å². The van der Waals surface area contributed by atoms with E-state index < -0.39 is 42.3 Å². The molecule has 0 aromatic carbocycles. The van der Waals surface area contributed by atoms with E-state index >= 15 is 0 Å². The Hall–Kier alpha value is -2.16. The first kappa shape index (κ1) is 15.8. The van der Waals surface area contributed by atoms with E-state index in [2.05, 4.69) is 5.32 Å². The second kappa shape index (κ2) is 7.22. The van der Waals surface area contributed by atoms with Crippen molar-refractivity contribution in [3.63, 3.8) is 0 Å². The molecule has 9 heteroatoms. The third-order valence-corrected chi connectivity index (χ3v) is 1.95. The topological polar surface area (TPSA) is 159 Å². The van der Waals surface area contributed by atoms with E-state index in [1.165, 1.54) is 6.92 Å². The highest BCUT2D eigenvalue weighted by atomic mass is 16.4. The third kappa shape index (κ3) is 5.80. The van der Waals surface area contributed by atoms with E-state index in [1.807, 2.05) is 5.32 Å². The largest absolute Gasteiger partial charge is 0.481 e. The zero-order valence-corrected chi connectivity index (χ0v) is 9.67. The molecule has 0 aliphatic rings. The van der Waals surface area contributed by atoms with Crippen LogP contribution in [-0.4, -0.2) is 52.6 Å². The van der Waals surface area contributed by atoms with Gasteiger partial charge in [0.1, 0.15) is 12.1 Å². The molecule has 0 saturated heterocycles. The molecule has 2 amide bonds. The van der Waals surface area contributed by atoms with Crippen LogP contribution in [0.4, 0.5) is 0 Å². The van der Waals surface area contributed by atoms with Gasteiger partial charge in [-0.25, -0.2) is 4.79 Å². The summed E-state index contributed by atoms with van der Waals surface area (Å²) >= 11 is 0. The van der Waals surface area contributed by atoms with Gasteiger partial charge in [0.15, 0.2) is 0 Å². The van der Waals surface area contributed by atoms with Gasteiger partial charge in [-0.15, -0.1) is 0 Å². The molecule has 0 bridgehead atoms. The summed E-state index contributed by atoms with van der Waals surface area (Å²) in [6, 6.07) is -2.55. The fourth-order valence-corrected chi connectivity index (χ4v) is 1.04. The van der Waals surface area contributed by atoms with Crippen LogP contribution in [0.5, 0.6) is 0 Å². The minimum atomic E-state index is -1.55. The maximum Gasteiger partial charge on any atom is 0.326 e. The van der Waals surface area contributed by atoms with E-state index in [9.17, 15) is 19.2 Å². The number of rotatable bonds is 7. The predicted molar refractivity (Wildman–Crippen MR) is 58.5 cm³/mol. The second-order valence-corrected chi connectivity index (χ2v) is 3.49. The molecular weight excluding hydrogens is 246 g/mol. The summed E-state index contributed by atoms with van der Waals surface area (Å²) in [7, 11) is 0. The molecule has 0 heterocycles. The van der Waals surface area contributed by atoms with Crippen LogP contribution in [0.1, 0.15) is 13.3 Å².